The molecule has 1 amide bonds. The number of carbonyl (C=O) groups is 1. The number of anilines is 2. The molecule has 1 heterocycles. The molecule has 27 heavy (non-hydrogen) atoms. The number of amides is 1. The molecule has 3 aromatic carbocycles. The molecule has 0 aliphatic carbocycles. The molecule has 0 atom stereocenters. The maximum Gasteiger partial charge on any atom is 0.297 e. The second kappa shape index (κ2) is 7.13. The Balaban J connectivity index is 1.63. The lowest BCUT2D eigenvalue weighted by Crippen LogP contribution is -2.00. The second-order valence-corrected chi connectivity index (χ2v) is 5.91. The van der Waals surface area contributed by atoms with Gasteiger partial charge in [-0.2, -0.15) is 0 Å². The molecule has 0 aliphatic rings. The minimum absolute atomic E-state index is 0.122. The maximum atomic E-state index is 12.6. The van der Waals surface area contributed by atoms with Crippen LogP contribution in [0.1, 0.15) is 10.4 Å². The van der Waals surface area contributed by atoms with Gasteiger partial charge >= 0.3 is 0 Å². The van der Waals surface area contributed by atoms with E-state index in [1.807, 2.05) is 54.6 Å². The van der Waals surface area contributed by atoms with Gasteiger partial charge in [-0.15, -0.1) is 10.2 Å². The number of aromatic hydroxyl groups is 1. The van der Waals surface area contributed by atoms with E-state index in [0.29, 0.717) is 16.6 Å². The van der Waals surface area contributed by atoms with Crippen LogP contribution in [-0.4, -0.2) is 16.0 Å². The molecular weight excluding hydrogens is 340 g/mol. The van der Waals surface area contributed by atoms with Crippen LogP contribution >= 0.6 is 0 Å². The van der Waals surface area contributed by atoms with Gasteiger partial charge in [-0.3, -0.25) is 4.79 Å². The Hall–Kier alpha value is -3.93. The Morgan fingerprint density at radius 3 is 2.44 bits per heavy atom. The predicted molar refractivity (Wildman–Crippen MR) is 105 cm³/mol. The summed E-state index contributed by atoms with van der Waals surface area (Å²) in [6.45, 7) is 0. The van der Waals surface area contributed by atoms with Crippen molar-refractivity contribution in [3.8, 4) is 5.88 Å². The minimum atomic E-state index is -0.501. The quantitative estimate of drug-likeness (QED) is 0.419. The molecule has 3 N–H and O–H groups in total. The lowest BCUT2D eigenvalue weighted by Gasteiger charge is -2.09. The Bertz CT molecular complexity index is 1130. The van der Waals surface area contributed by atoms with E-state index in [2.05, 4.69) is 20.5 Å². The highest BCUT2D eigenvalue weighted by Gasteiger charge is 2.13. The van der Waals surface area contributed by atoms with Crippen LogP contribution in [0.15, 0.2) is 89.1 Å². The fourth-order valence-corrected chi connectivity index (χ4v) is 2.82. The van der Waals surface area contributed by atoms with Crippen molar-refractivity contribution in [3.05, 3.63) is 84.4 Å². The van der Waals surface area contributed by atoms with Gasteiger partial charge in [0.15, 0.2) is 5.69 Å². The van der Waals surface area contributed by atoms with Crippen LogP contribution in [0.2, 0.25) is 0 Å². The second-order valence-electron chi connectivity index (χ2n) is 5.91. The van der Waals surface area contributed by atoms with Crippen molar-refractivity contribution in [2.24, 2.45) is 10.2 Å². The average Bonchev–Trinajstić information content (AvgIpc) is 3.02. The third kappa shape index (κ3) is 3.41. The highest BCUT2D eigenvalue weighted by molar-refractivity contribution is 6.01. The summed E-state index contributed by atoms with van der Waals surface area (Å²) in [6.07, 6.45) is 0. The standard InChI is InChI=1S/C21H16N4O2/c26-20(25-24-19-15-10-4-6-12-17(15)23-21(19)27)16-11-5-7-13-18(16)22-14-8-2-1-3-9-14/h1-13,22-23,27H. The normalized spacial score (nSPS) is 11.1. The van der Waals surface area contributed by atoms with E-state index in [0.717, 1.165) is 11.2 Å². The third-order valence-electron chi connectivity index (χ3n) is 4.11. The molecule has 132 valence electrons. The van der Waals surface area contributed by atoms with Gasteiger partial charge in [-0.05, 0) is 30.3 Å². The predicted octanol–water partition coefficient (Wildman–Crippen LogP) is 5.54. The van der Waals surface area contributed by atoms with Crippen LogP contribution in [-0.2, 0) is 0 Å². The molecular formula is C21H16N4O2. The fraction of sp³-hybridized carbons (Fsp3) is 0. The van der Waals surface area contributed by atoms with Gasteiger partial charge in [0, 0.05) is 11.1 Å². The zero-order chi connectivity index (χ0) is 18.6. The molecule has 0 saturated carbocycles. The van der Waals surface area contributed by atoms with Gasteiger partial charge in [-0.1, -0.05) is 48.5 Å². The number of hydrogen-bond acceptors (Lipinski definition) is 4. The molecule has 6 nitrogen and oxygen atoms in total. The van der Waals surface area contributed by atoms with Crippen LogP contribution in [0.4, 0.5) is 17.1 Å². The fourth-order valence-electron chi connectivity index (χ4n) is 2.82. The number of fused-ring (bicyclic) bond motifs is 1. The molecule has 0 fully saturated rings. The maximum absolute atomic E-state index is 12.6. The monoisotopic (exact) mass is 356 g/mol. The lowest BCUT2D eigenvalue weighted by atomic mass is 10.1. The molecule has 0 aliphatic heterocycles. The van der Waals surface area contributed by atoms with Crippen molar-refractivity contribution >= 4 is 33.9 Å². The van der Waals surface area contributed by atoms with Gasteiger partial charge < -0.3 is 15.4 Å². The number of benzene rings is 3. The van der Waals surface area contributed by atoms with Crippen molar-refractivity contribution < 1.29 is 9.90 Å². The molecule has 1 aromatic heterocycles. The zero-order valence-electron chi connectivity index (χ0n) is 14.3. The topological polar surface area (TPSA) is 89.8 Å². The van der Waals surface area contributed by atoms with E-state index in [1.165, 1.54) is 0 Å². The van der Waals surface area contributed by atoms with Crippen LogP contribution in [0, 0.1) is 0 Å². The van der Waals surface area contributed by atoms with Gasteiger partial charge in [0.2, 0.25) is 5.88 Å². The first-order valence-electron chi connectivity index (χ1n) is 8.39. The van der Waals surface area contributed by atoms with Crippen molar-refractivity contribution in [3.63, 3.8) is 0 Å². The van der Waals surface area contributed by atoms with E-state index in [9.17, 15) is 9.90 Å². The highest BCUT2D eigenvalue weighted by atomic mass is 16.3. The van der Waals surface area contributed by atoms with Crippen LogP contribution < -0.4 is 5.32 Å². The molecule has 4 rings (SSSR count). The number of nitrogens with zero attached hydrogens (tertiary/aromatic N) is 2. The van der Waals surface area contributed by atoms with Crippen molar-refractivity contribution in [1.29, 1.82) is 0 Å². The molecule has 4 aromatic rings. The number of aromatic nitrogens is 1. The largest absolute Gasteiger partial charge is 0.493 e. The highest BCUT2D eigenvalue weighted by Crippen LogP contribution is 2.35. The molecule has 0 unspecified atom stereocenters. The first-order valence-corrected chi connectivity index (χ1v) is 8.39. The minimum Gasteiger partial charge on any atom is -0.493 e. The lowest BCUT2D eigenvalue weighted by molar-refractivity contribution is 0.0996. The summed E-state index contributed by atoms with van der Waals surface area (Å²) in [5.41, 5.74) is 2.86. The Kier molecular flexibility index (Phi) is 4.37. The van der Waals surface area contributed by atoms with Gasteiger partial charge in [0.05, 0.1) is 16.8 Å². The van der Waals surface area contributed by atoms with Gasteiger partial charge in [0.25, 0.3) is 5.91 Å². The number of hydrogen-bond donors (Lipinski definition) is 3. The van der Waals surface area contributed by atoms with E-state index in [-0.39, 0.29) is 11.6 Å². The van der Waals surface area contributed by atoms with Gasteiger partial charge in [0.1, 0.15) is 0 Å². The van der Waals surface area contributed by atoms with Crippen molar-refractivity contribution in [2.45, 2.75) is 0 Å². The summed E-state index contributed by atoms with van der Waals surface area (Å²) in [4.78, 5) is 15.4. The number of para-hydroxylation sites is 3. The van der Waals surface area contributed by atoms with E-state index >= 15 is 0 Å². The SMILES string of the molecule is O=C(N=Nc1c(O)[nH]c2ccccc12)c1ccccc1Nc1ccccc1. The van der Waals surface area contributed by atoms with E-state index in [1.54, 1.807) is 24.3 Å². The summed E-state index contributed by atoms with van der Waals surface area (Å²) in [5, 5.41) is 21.7. The number of carbonyl (C=O) groups excluding carboxylic acids is 1. The number of H-pyrrole nitrogens is 1. The number of rotatable bonds is 4. The average molecular weight is 356 g/mol. The zero-order valence-corrected chi connectivity index (χ0v) is 14.3. The molecule has 0 spiro atoms. The summed E-state index contributed by atoms with van der Waals surface area (Å²) in [5.74, 6) is -0.623. The summed E-state index contributed by atoms with van der Waals surface area (Å²) >= 11 is 0. The number of azo groups is 1. The Labute approximate surface area is 155 Å². The smallest absolute Gasteiger partial charge is 0.297 e. The Morgan fingerprint density at radius 2 is 1.59 bits per heavy atom. The number of aromatic amines is 1. The molecule has 0 bridgehead atoms. The van der Waals surface area contributed by atoms with Crippen LogP contribution in [0.3, 0.4) is 0 Å². The first-order chi connectivity index (χ1) is 13.2. The molecule has 6 heteroatoms. The summed E-state index contributed by atoms with van der Waals surface area (Å²) in [6, 6.07) is 23.9. The van der Waals surface area contributed by atoms with Gasteiger partial charge in [-0.25, -0.2) is 0 Å². The third-order valence-corrected chi connectivity index (χ3v) is 4.11. The Morgan fingerprint density at radius 1 is 0.889 bits per heavy atom. The van der Waals surface area contributed by atoms with E-state index in [4.69, 9.17) is 0 Å². The number of nitrogens with one attached hydrogen (secondary N) is 2. The van der Waals surface area contributed by atoms with Crippen LogP contribution in [0.25, 0.3) is 10.9 Å². The summed E-state index contributed by atoms with van der Waals surface area (Å²) < 4.78 is 0. The molecule has 0 radical (unpaired) electrons. The molecule has 0 saturated heterocycles. The summed E-state index contributed by atoms with van der Waals surface area (Å²) in [7, 11) is 0. The van der Waals surface area contributed by atoms with E-state index < -0.39 is 5.91 Å². The van der Waals surface area contributed by atoms with Crippen LogP contribution in [0.5, 0.6) is 5.88 Å². The van der Waals surface area contributed by atoms with Crippen molar-refractivity contribution in [2.75, 3.05) is 5.32 Å². The van der Waals surface area contributed by atoms with Crippen molar-refractivity contribution in [1.82, 2.24) is 4.98 Å². The first kappa shape index (κ1) is 16.5.